The molecular weight excluding hydrogens is 483 g/mol. The van der Waals surface area contributed by atoms with Gasteiger partial charge in [-0.15, -0.1) is 0 Å². The maximum Gasteiger partial charge on any atom is 0.407 e. The number of carbonyl (C=O) groups excluding carboxylic acids is 2. The zero-order valence-corrected chi connectivity index (χ0v) is 20.0. The Bertz CT molecular complexity index is 616. The minimum Gasteiger partial charge on any atom is -1.00 e. The first-order valence-corrected chi connectivity index (χ1v) is 10.1. The van der Waals surface area contributed by atoms with Crippen LogP contribution in [0.2, 0.25) is 0 Å². The number of rotatable bonds is 9. The van der Waals surface area contributed by atoms with Crippen molar-refractivity contribution in [2.45, 2.75) is 31.9 Å². The molecule has 29 heavy (non-hydrogen) atoms. The van der Waals surface area contributed by atoms with Crippen LogP contribution in [0.1, 0.15) is 24.8 Å². The largest absolute Gasteiger partial charge is 1.00 e. The van der Waals surface area contributed by atoms with Gasteiger partial charge in [-0.25, -0.2) is 4.79 Å². The Hall–Kier alpha value is -1.39. The SMILES string of the molecule is C[N+](C)(C)[C@@H](CCCNC(=O)OCc1ccccc1)CC(=O)N1CCNCC1.[I-]. The first kappa shape index (κ1) is 25.6. The molecule has 1 heterocycles. The lowest BCUT2D eigenvalue weighted by molar-refractivity contribution is -0.895. The van der Waals surface area contributed by atoms with Crippen molar-refractivity contribution in [2.75, 3.05) is 53.9 Å². The predicted octanol–water partition coefficient (Wildman–Crippen LogP) is -1.41. The molecule has 164 valence electrons. The second kappa shape index (κ2) is 13.0. The van der Waals surface area contributed by atoms with Gasteiger partial charge in [0.2, 0.25) is 5.91 Å². The summed E-state index contributed by atoms with van der Waals surface area (Å²) in [6.07, 6.45) is 1.83. The highest BCUT2D eigenvalue weighted by atomic mass is 127. The van der Waals surface area contributed by atoms with E-state index in [4.69, 9.17) is 4.74 Å². The van der Waals surface area contributed by atoms with E-state index in [2.05, 4.69) is 31.8 Å². The summed E-state index contributed by atoms with van der Waals surface area (Å²) in [4.78, 5) is 26.4. The van der Waals surface area contributed by atoms with Crippen molar-refractivity contribution < 1.29 is 42.8 Å². The Balaban J connectivity index is 0.00000420. The third-order valence-electron chi connectivity index (χ3n) is 5.17. The van der Waals surface area contributed by atoms with E-state index < -0.39 is 6.09 Å². The maximum atomic E-state index is 12.6. The molecular formula is C21H35IN4O3. The van der Waals surface area contributed by atoms with Crippen LogP contribution in [-0.2, 0) is 16.1 Å². The van der Waals surface area contributed by atoms with E-state index in [0.717, 1.165) is 49.1 Å². The van der Waals surface area contributed by atoms with Crippen LogP contribution in [0.15, 0.2) is 30.3 Å². The van der Waals surface area contributed by atoms with E-state index >= 15 is 0 Å². The molecule has 0 aliphatic carbocycles. The Kier molecular flexibility index (Phi) is 11.5. The topological polar surface area (TPSA) is 70.7 Å². The van der Waals surface area contributed by atoms with Crippen LogP contribution in [0, 0.1) is 0 Å². The van der Waals surface area contributed by atoms with E-state index in [9.17, 15) is 9.59 Å². The minimum atomic E-state index is -0.400. The van der Waals surface area contributed by atoms with Crippen LogP contribution in [0.5, 0.6) is 0 Å². The number of carbonyl (C=O) groups is 2. The molecule has 0 bridgehead atoms. The van der Waals surface area contributed by atoms with Crippen LogP contribution >= 0.6 is 0 Å². The fraction of sp³-hybridized carbons (Fsp3) is 0.619. The molecule has 1 saturated heterocycles. The van der Waals surface area contributed by atoms with Crippen molar-refractivity contribution in [3.8, 4) is 0 Å². The fourth-order valence-electron chi connectivity index (χ4n) is 3.31. The minimum absolute atomic E-state index is 0. The molecule has 0 aromatic heterocycles. The van der Waals surface area contributed by atoms with Gasteiger partial charge in [0.05, 0.1) is 33.6 Å². The fourth-order valence-corrected chi connectivity index (χ4v) is 3.31. The monoisotopic (exact) mass is 518 g/mol. The number of quaternary nitrogens is 1. The van der Waals surface area contributed by atoms with E-state index in [0.29, 0.717) is 13.0 Å². The summed E-state index contributed by atoms with van der Waals surface area (Å²) in [5.41, 5.74) is 0.967. The Morgan fingerprint density at radius 1 is 1.17 bits per heavy atom. The van der Waals surface area contributed by atoms with E-state index in [-0.39, 0.29) is 42.5 Å². The lowest BCUT2D eigenvalue weighted by Crippen LogP contribution is -3.00. The first-order chi connectivity index (χ1) is 13.4. The van der Waals surface area contributed by atoms with Crippen LogP contribution in [0.3, 0.4) is 0 Å². The zero-order chi connectivity index (χ0) is 20.4. The highest BCUT2D eigenvalue weighted by Gasteiger charge is 2.28. The molecule has 2 N–H and O–H groups in total. The molecule has 1 fully saturated rings. The quantitative estimate of drug-likeness (QED) is 0.240. The number of hydrogen-bond acceptors (Lipinski definition) is 4. The van der Waals surface area contributed by atoms with Gasteiger partial charge in [-0.3, -0.25) is 4.79 Å². The van der Waals surface area contributed by atoms with Crippen LogP contribution in [0.4, 0.5) is 4.79 Å². The molecule has 0 radical (unpaired) electrons. The molecule has 1 aliphatic rings. The van der Waals surface area contributed by atoms with Crippen molar-refractivity contribution in [3.63, 3.8) is 0 Å². The number of benzene rings is 1. The molecule has 7 nitrogen and oxygen atoms in total. The van der Waals surface area contributed by atoms with Gasteiger partial charge in [0.1, 0.15) is 6.61 Å². The Labute approximate surface area is 191 Å². The lowest BCUT2D eigenvalue weighted by atomic mass is 10.0. The molecule has 1 atom stereocenters. The van der Waals surface area contributed by atoms with Crippen LogP contribution < -0.4 is 34.6 Å². The van der Waals surface area contributed by atoms with Crippen molar-refractivity contribution in [2.24, 2.45) is 0 Å². The number of piperazine rings is 1. The summed E-state index contributed by atoms with van der Waals surface area (Å²) >= 11 is 0. The number of hydrogen-bond donors (Lipinski definition) is 2. The Morgan fingerprint density at radius 3 is 2.45 bits per heavy atom. The van der Waals surface area contributed by atoms with Crippen molar-refractivity contribution in [1.29, 1.82) is 0 Å². The van der Waals surface area contributed by atoms with Crippen molar-refractivity contribution >= 4 is 12.0 Å². The molecule has 0 spiro atoms. The van der Waals surface area contributed by atoms with Gasteiger partial charge >= 0.3 is 6.09 Å². The molecule has 1 aliphatic heterocycles. The predicted molar refractivity (Wildman–Crippen MR) is 110 cm³/mol. The maximum absolute atomic E-state index is 12.6. The summed E-state index contributed by atoms with van der Waals surface area (Å²) in [5, 5.41) is 6.08. The summed E-state index contributed by atoms with van der Waals surface area (Å²) in [5.74, 6) is 0.231. The smallest absolute Gasteiger partial charge is 0.407 e. The summed E-state index contributed by atoms with van der Waals surface area (Å²) in [6.45, 7) is 4.14. The highest BCUT2D eigenvalue weighted by Crippen LogP contribution is 2.16. The van der Waals surface area contributed by atoms with Gasteiger partial charge in [0.25, 0.3) is 0 Å². The number of halogens is 1. The standard InChI is InChI=1S/C21H34N4O3.HI/c1-25(2,3)19(16-20(26)24-14-12-22-13-15-24)10-7-11-23-21(27)28-17-18-8-5-4-6-9-18;/h4-6,8-9,19,22H,7,10-17H2,1-3H3;1H/t19-;/m0./s1. The zero-order valence-electron chi connectivity index (χ0n) is 17.8. The number of nitrogens with zero attached hydrogens (tertiary/aromatic N) is 2. The van der Waals surface area contributed by atoms with E-state index in [1.165, 1.54) is 0 Å². The van der Waals surface area contributed by atoms with Crippen LogP contribution in [-0.4, -0.2) is 81.3 Å². The number of alkyl carbamates (subject to hydrolysis) is 1. The molecule has 2 amide bonds. The van der Waals surface area contributed by atoms with Gasteiger partial charge in [-0.2, -0.15) is 0 Å². The second-order valence-corrected chi connectivity index (χ2v) is 8.24. The Morgan fingerprint density at radius 2 is 1.83 bits per heavy atom. The lowest BCUT2D eigenvalue weighted by Gasteiger charge is -2.36. The van der Waals surface area contributed by atoms with E-state index in [1.807, 2.05) is 35.2 Å². The molecule has 1 aromatic carbocycles. The van der Waals surface area contributed by atoms with Gasteiger partial charge in [0.15, 0.2) is 0 Å². The van der Waals surface area contributed by atoms with Gasteiger partial charge in [-0.05, 0) is 12.0 Å². The number of ether oxygens (including phenoxy) is 1. The first-order valence-electron chi connectivity index (χ1n) is 10.1. The molecule has 8 heteroatoms. The molecule has 0 unspecified atom stereocenters. The third kappa shape index (κ3) is 9.77. The highest BCUT2D eigenvalue weighted by molar-refractivity contribution is 5.76. The third-order valence-corrected chi connectivity index (χ3v) is 5.17. The summed E-state index contributed by atoms with van der Waals surface area (Å²) in [7, 11) is 6.37. The normalized spacial score (nSPS) is 15.2. The van der Waals surface area contributed by atoms with Crippen LogP contribution in [0.25, 0.3) is 0 Å². The molecule has 0 saturated carbocycles. The van der Waals surface area contributed by atoms with Gasteiger partial charge in [0, 0.05) is 39.1 Å². The van der Waals surface area contributed by atoms with Crippen molar-refractivity contribution in [3.05, 3.63) is 35.9 Å². The second-order valence-electron chi connectivity index (χ2n) is 8.24. The molecule has 1 aromatic rings. The number of nitrogens with one attached hydrogen (secondary N) is 2. The van der Waals surface area contributed by atoms with Gasteiger partial charge < -0.3 is 48.7 Å². The number of amides is 2. The summed E-state index contributed by atoms with van der Waals surface area (Å²) < 4.78 is 5.96. The summed E-state index contributed by atoms with van der Waals surface area (Å²) in [6, 6.07) is 9.85. The van der Waals surface area contributed by atoms with Crippen molar-refractivity contribution in [1.82, 2.24) is 15.5 Å². The van der Waals surface area contributed by atoms with E-state index in [1.54, 1.807) is 0 Å². The average Bonchev–Trinajstić information content (AvgIpc) is 2.69. The molecule has 2 rings (SSSR count). The average molecular weight is 518 g/mol. The van der Waals surface area contributed by atoms with Gasteiger partial charge in [-0.1, -0.05) is 30.3 Å².